The molecule has 170 valence electrons. The highest BCUT2D eigenvalue weighted by Gasteiger charge is 2.26. The van der Waals surface area contributed by atoms with E-state index in [0.29, 0.717) is 34.3 Å². The van der Waals surface area contributed by atoms with Crippen LogP contribution in [0.15, 0.2) is 34.7 Å². The number of hydrogen-bond acceptors (Lipinski definition) is 5. The van der Waals surface area contributed by atoms with Crippen molar-refractivity contribution in [2.75, 3.05) is 11.9 Å². The molecule has 1 N–H and O–H groups in total. The van der Waals surface area contributed by atoms with Crippen LogP contribution in [0, 0.1) is 20.8 Å². The monoisotopic (exact) mass is 453 g/mol. The number of esters is 1. The van der Waals surface area contributed by atoms with Gasteiger partial charge in [-0.3, -0.25) is 4.79 Å². The number of rotatable bonds is 9. The third kappa shape index (κ3) is 5.30. The first kappa shape index (κ1) is 23.8. The molecule has 1 aromatic carbocycles. The van der Waals surface area contributed by atoms with Crippen LogP contribution in [0.2, 0.25) is 0 Å². The number of unbranched alkanes of at least 4 members (excludes halogenated alkanes) is 1. The van der Waals surface area contributed by atoms with Crippen LogP contribution < -0.4 is 5.32 Å². The predicted octanol–water partition coefficient (Wildman–Crippen LogP) is 7.10. The van der Waals surface area contributed by atoms with E-state index in [9.17, 15) is 9.59 Å². The van der Waals surface area contributed by atoms with E-state index in [1.165, 1.54) is 16.9 Å². The number of hydrogen-bond donors (Lipinski definition) is 1. The van der Waals surface area contributed by atoms with E-state index < -0.39 is 5.97 Å². The van der Waals surface area contributed by atoms with Crippen molar-refractivity contribution in [1.82, 2.24) is 0 Å². The van der Waals surface area contributed by atoms with Crippen LogP contribution in [-0.2, 0) is 11.2 Å². The minimum atomic E-state index is -0.420. The second-order valence-corrected chi connectivity index (χ2v) is 9.18. The summed E-state index contributed by atoms with van der Waals surface area (Å²) in [6, 6.07) is 10.0. The van der Waals surface area contributed by atoms with Crippen molar-refractivity contribution in [2.24, 2.45) is 0 Å². The molecule has 1 amide bonds. The lowest BCUT2D eigenvalue weighted by atomic mass is 9.98. The van der Waals surface area contributed by atoms with Crippen LogP contribution >= 0.6 is 11.3 Å². The molecule has 2 aromatic heterocycles. The fourth-order valence-corrected chi connectivity index (χ4v) is 4.75. The summed E-state index contributed by atoms with van der Waals surface area (Å²) in [5.41, 5.74) is 3.90. The molecule has 0 atom stereocenters. The van der Waals surface area contributed by atoms with Crippen molar-refractivity contribution < 1.29 is 18.7 Å². The van der Waals surface area contributed by atoms with Crippen molar-refractivity contribution in [1.29, 1.82) is 0 Å². The number of ether oxygens (including phenoxy) is 1. The van der Waals surface area contributed by atoms with E-state index in [-0.39, 0.29) is 5.91 Å². The summed E-state index contributed by atoms with van der Waals surface area (Å²) >= 11 is 1.39. The Balaban J connectivity index is 2.00. The summed E-state index contributed by atoms with van der Waals surface area (Å²) in [5, 5.41) is 3.42. The number of aryl methyl sites for hydroxylation is 4. The lowest BCUT2D eigenvalue weighted by molar-refractivity contribution is 0.0507. The predicted molar refractivity (Wildman–Crippen MR) is 130 cm³/mol. The van der Waals surface area contributed by atoms with Gasteiger partial charge in [0, 0.05) is 10.4 Å². The zero-order chi connectivity index (χ0) is 23.3. The number of anilines is 1. The Morgan fingerprint density at radius 2 is 1.78 bits per heavy atom. The topological polar surface area (TPSA) is 68.5 Å². The van der Waals surface area contributed by atoms with Crippen LogP contribution in [0.4, 0.5) is 5.00 Å². The van der Waals surface area contributed by atoms with E-state index in [1.54, 1.807) is 19.9 Å². The first-order chi connectivity index (χ1) is 15.3. The lowest BCUT2D eigenvalue weighted by Crippen LogP contribution is -2.15. The number of benzene rings is 1. The van der Waals surface area contributed by atoms with Gasteiger partial charge in [-0.05, 0) is 57.2 Å². The van der Waals surface area contributed by atoms with Crippen LogP contribution in [0.25, 0.3) is 11.1 Å². The molecule has 0 aliphatic rings. The Hall–Kier alpha value is -2.86. The smallest absolute Gasteiger partial charge is 0.341 e. The maximum absolute atomic E-state index is 13.0. The van der Waals surface area contributed by atoms with Crippen LogP contribution in [-0.4, -0.2) is 18.5 Å². The van der Waals surface area contributed by atoms with Gasteiger partial charge in [0.05, 0.1) is 12.2 Å². The second kappa shape index (κ2) is 10.6. The normalized spacial score (nSPS) is 10.9. The van der Waals surface area contributed by atoms with Gasteiger partial charge in [0.2, 0.25) is 0 Å². The Morgan fingerprint density at radius 1 is 1.06 bits per heavy atom. The quantitative estimate of drug-likeness (QED) is 0.351. The Kier molecular flexibility index (Phi) is 7.91. The van der Waals surface area contributed by atoms with Gasteiger partial charge in [-0.25, -0.2) is 4.79 Å². The maximum Gasteiger partial charge on any atom is 0.341 e. The lowest BCUT2D eigenvalue weighted by Gasteiger charge is -2.10. The molecule has 3 rings (SSSR count). The highest BCUT2D eigenvalue weighted by molar-refractivity contribution is 7.17. The molecule has 0 saturated heterocycles. The summed E-state index contributed by atoms with van der Waals surface area (Å²) in [6.45, 7) is 9.98. The molecule has 0 aliphatic heterocycles. The van der Waals surface area contributed by atoms with Crippen LogP contribution in [0.1, 0.15) is 75.8 Å². The van der Waals surface area contributed by atoms with E-state index in [2.05, 4.69) is 24.4 Å². The Labute approximate surface area is 193 Å². The van der Waals surface area contributed by atoms with Gasteiger partial charge in [-0.2, -0.15) is 0 Å². The number of carbonyl (C=O) groups excluding carboxylic acids is 2. The molecule has 0 radical (unpaired) electrons. The van der Waals surface area contributed by atoms with Crippen molar-refractivity contribution in [3.05, 3.63) is 63.4 Å². The summed E-state index contributed by atoms with van der Waals surface area (Å²) in [7, 11) is 0. The summed E-state index contributed by atoms with van der Waals surface area (Å²) in [4.78, 5) is 26.9. The number of furan rings is 1. The second-order valence-electron chi connectivity index (χ2n) is 7.95. The molecule has 32 heavy (non-hydrogen) atoms. The Bertz CT molecular complexity index is 1090. The Morgan fingerprint density at radius 3 is 2.38 bits per heavy atom. The summed E-state index contributed by atoms with van der Waals surface area (Å²) in [6.07, 6.45) is 4.06. The fraction of sp³-hybridized carbons (Fsp3) is 0.385. The number of carbonyl (C=O) groups is 2. The zero-order valence-electron chi connectivity index (χ0n) is 19.5. The van der Waals surface area contributed by atoms with E-state index in [0.717, 1.165) is 41.7 Å². The van der Waals surface area contributed by atoms with E-state index >= 15 is 0 Å². The van der Waals surface area contributed by atoms with Crippen molar-refractivity contribution >= 4 is 28.2 Å². The number of thiophene rings is 1. The van der Waals surface area contributed by atoms with Gasteiger partial charge in [-0.1, -0.05) is 44.5 Å². The standard InChI is InChI=1S/C26H31NO4S/c1-6-8-9-19-10-12-20(13-11-19)22-18(5)32-25(23(22)26(29)30-14-7-2)27-24(28)21-15-16(3)31-17(21)4/h10-13,15H,6-9,14H2,1-5H3,(H,27,28). The maximum atomic E-state index is 13.0. The van der Waals surface area contributed by atoms with Crippen LogP contribution in [0.5, 0.6) is 0 Å². The highest BCUT2D eigenvalue weighted by Crippen LogP contribution is 2.41. The minimum Gasteiger partial charge on any atom is -0.466 e. The van der Waals surface area contributed by atoms with Crippen molar-refractivity contribution in [3.63, 3.8) is 0 Å². The van der Waals surface area contributed by atoms with E-state index in [1.807, 2.05) is 26.0 Å². The molecule has 0 unspecified atom stereocenters. The highest BCUT2D eigenvalue weighted by atomic mass is 32.1. The molecule has 0 spiro atoms. The molecular formula is C26H31NO4S. The molecule has 0 bridgehead atoms. The molecular weight excluding hydrogens is 422 g/mol. The third-order valence-electron chi connectivity index (χ3n) is 5.30. The number of amides is 1. The average molecular weight is 454 g/mol. The SMILES string of the molecule is CCCCc1ccc(-c2c(C)sc(NC(=O)c3cc(C)oc3C)c2C(=O)OCCC)cc1. The van der Waals surface area contributed by atoms with E-state index in [4.69, 9.17) is 9.15 Å². The molecule has 0 fully saturated rings. The number of nitrogens with one attached hydrogen (secondary N) is 1. The third-order valence-corrected chi connectivity index (χ3v) is 6.32. The van der Waals surface area contributed by atoms with Gasteiger partial charge >= 0.3 is 5.97 Å². The first-order valence-electron chi connectivity index (χ1n) is 11.1. The largest absolute Gasteiger partial charge is 0.466 e. The fourth-order valence-electron chi connectivity index (χ4n) is 3.69. The van der Waals surface area contributed by atoms with Crippen molar-refractivity contribution in [2.45, 2.75) is 60.3 Å². The van der Waals surface area contributed by atoms with Gasteiger partial charge in [0.25, 0.3) is 5.91 Å². The van der Waals surface area contributed by atoms with Gasteiger partial charge < -0.3 is 14.5 Å². The molecule has 0 saturated carbocycles. The first-order valence-corrected chi connectivity index (χ1v) is 12.0. The molecule has 6 heteroatoms. The van der Waals surface area contributed by atoms with Gasteiger partial charge in [0.1, 0.15) is 22.1 Å². The summed E-state index contributed by atoms with van der Waals surface area (Å²) in [5.74, 6) is 0.496. The summed E-state index contributed by atoms with van der Waals surface area (Å²) < 4.78 is 11.0. The zero-order valence-corrected chi connectivity index (χ0v) is 20.3. The average Bonchev–Trinajstić information content (AvgIpc) is 3.28. The van der Waals surface area contributed by atoms with Crippen LogP contribution in [0.3, 0.4) is 0 Å². The van der Waals surface area contributed by atoms with Gasteiger partial charge in [-0.15, -0.1) is 11.3 Å². The molecule has 0 aliphatic carbocycles. The van der Waals surface area contributed by atoms with Gasteiger partial charge in [0.15, 0.2) is 0 Å². The molecule has 2 heterocycles. The molecule has 5 nitrogen and oxygen atoms in total. The minimum absolute atomic E-state index is 0.299. The molecule has 3 aromatic rings. The van der Waals surface area contributed by atoms with Crippen molar-refractivity contribution in [3.8, 4) is 11.1 Å².